The van der Waals surface area contributed by atoms with Crippen LogP contribution in [0.1, 0.15) is 53.3 Å². The predicted octanol–water partition coefficient (Wildman–Crippen LogP) is 1.78. The summed E-state index contributed by atoms with van der Waals surface area (Å²) < 4.78 is 5.75. The second-order valence-corrected chi connectivity index (χ2v) is 7.07. The lowest BCUT2D eigenvalue weighted by atomic mass is 10.1. The Morgan fingerprint density at radius 1 is 1.30 bits per heavy atom. The van der Waals surface area contributed by atoms with Crippen molar-refractivity contribution >= 4 is 5.91 Å². The van der Waals surface area contributed by atoms with Gasteiger partial charge in [-0.05, 0) is 46.7 Å². The van der Waals surface area contributed by atoms with Gasteiger partial charge in [0, 0.05) is 37.9 Å². The van der Waals surface area contributed by atoms with Crippen molar-refractivity contribution in [2.24, 2.45) is 0 Å². The number of likely N-dealkylation sites (N-methyl/N-ethyl adjacent to an activating group) is 1. The van der Waals surface area contributed by atoms with Gasteiger partial charge in [0.1, 0.15) is 0 Å². The van der Waals surface area contributed by atoms with Crippen LogP contribution in [0.15, 0.2) is 0 Å². The number of hydrogen-bond donors (Lipinski definition) is 1. The Balaban J connectivity index is 1.76. The molecule has 1 aliphatic carbocycles. The Hall–Kier alpha value is -1.40. The minimum absolute atomic E-state index is 0.107. The van der Waals surface area contributed by atoms with Crippen molar-refractivity contribution in [1.82, 2.24) is 20.0 Å². The zero-order valence-corrected chi connectivity index (χ0v) is 14.5. The second-order valence-electron chi connectivity index (χ2n) is 7.07. The molecule has 1 aliphatic heterocycles. The van der Waals surface area contributed by atoms with Gasteiger partial charge in [0.2, 0.25) is 0 Å². The van der Waals surface area contributed by atoms with Gasteiger partial charge in [0.25, 0.3) is 5.91 Å². The van der Waals surface area contributed by atoms with Crippen molar-refractivity contribution in [1.29, 1.82) is 0 Å². The minimum atomic E-state index is 0.107. The van der Waals surface area contributed by atoms with Gasteiger partial charge in [-0.15, -0.1) is 0 Å². The number of aromatic nitrogens is 2. The molecule has 2 heterocycles. The molecule has 0 radical (unpaired) electrons. The molecule has 1 aromatic heterocycles. The van der Waals surface area contributed by atoms with Crippen molar-refractivity contribution in [2.75, 3.05) is 40.3 Å². The molecule has 0 aromatic carbocycles. The van der Waals surface area contributed by atoms with E-state index in [2.05, 4.69) is 15.1 Å². The lowest BCUT2D eigenvalue weighted by Crippen LogP contribution is -2.41. The molecule has 1 amide bonds. The van der Waals surface area contributed by atoms with E-state index in [1.165, 1.54) is 0 Å². The highest BCUT2D eigenvalue weighted by atomic mass is 16.5. The first kappa shape index (κ1) is 16.5. The van der Waals surface area contributed by atoms with Crippen molar-refractivity contribution in [3.63, 3.8) is 0 Å². The smallest absolute Gasteiger partial charge is 0.257 e. The van der Waals surface area contributed by atoms with Crippen molar-refractivity contribution in [2.45, 2.75) is 44.6 Å². The Bertz CT molecular complexity index is 545. The van der Waals surface area contributed by atoms with Crippen LogP contribution < -0.4 is 0 Å². The van der Waals surface area contributed by atoms with Gasteiger partial charge >= 0.3 is 0 Å². The number of ether oxygens (including phenoxy) is 1. The number of carbonyl (C=O) groups is 1. The number of H-pyrrole nitrogens is 1. The van der Waals surface area contributed by atoms with E-state index in [0.717, 1.165) is 62.3 Å². The molecule has 3 rings (SSSR count). The summed E-state index contributed by atoms with van der Waals surface area (Å²) in [6.45, 7) is 5.02. The van der Waals surface area contributed by atoms with Crippen LogP contribution in [0.2, 0.25) is 0 Å². The molecule has 2 aliphatic rings. The molecule has 23 heavy (non-hydrogen) atoms. The van der Waals surface area contributed by atoms with Gasteiger partial charge in [-0.2, -0.15) is 5.10 Å². The van der Waals surface area contributed by atoms with Gasteiger partial charge in [-0.1, -0.05) is 0 Å². The highest BCUT2D eigenvalue weighted by molar-refractivity contribution is 5.96. The maximum atomic E-state index is 13.2. The fraction of sp³-hybridized carbons (Fsp3) is 0.765. The molecule has 6 heteroatoms. The van der Waals surface area contributed by atoms with Crippen molar-refractivity contribution in [3.8, 4) is 0 Å². The van der Waals surface area contributed by atoms with E-state index >= 15 is 0 Å². The van der Waals surface area contributed by atoms with E-state index in [1.54, 1.807) is 0 Å². The predicted molar refractivity (Wildman–Crippen MR) is 88.7 cm³/mol. The van der Waals surface area contributed by atoms with Gasteiger partial charge in [-0.25, -0.2) is 0 Å². The fourth-order valence-electron chi connectivity index (χ4n) is 3.16. The van der Waals surface area contributed by atoms with Crippen LogP contribution in [0.4, 0.5) is 0 Å². The average molecular weight is 320 g/mol. The van der Waals surface area contributed by atoms with E-state index in [1.807, 2.05) is 25.9 Å². The third-order valence-electron chi connectivity index (χ3n) is 4.71. The van der Waals surface area contributed by atoms with Crippen LogP contribution in [-0.4, -0.2) is 72.3 Å². The maximum absolute atomic E-state index is 13.2. The largest absolute Gasteiger partial charge is 0.376 e. The molecule has 1 saturated carbocycles. The summed E-state index contributed by atoms with van der Waals surface area (Å²) in [4.78, 5) is 17.2. The van der Waals surface area contributed by atoms with Crippen molar-refractivity contribution in [3.05, 3.63) is 17.0 Å². The molecule has 128 valence electrons. The summed E-state index contributed by atoms with van der Waals surface area (Å²) in [5.41, 5.74) is 2.65. The number of hydrogen-bond acceptors (Lipinski definition) is 4. The van der Waals surface area contributed by atoms with E-state index in [-0.39, 0.29) is 12.0 Å². The van der Waals surface area contributed by atoms with E-state index in [9.17, 15) is 4.79 Å². The fourth-order valence-corrected chi connectivity index (χ4v) is 3.16. The molecule has 6 nitrogen and oxygen atoms in total. The number of aromatic amines is 1. The first-order valence-electron chi connectivity index (χ1n) is 8.66. The number of amides is 1. The summed E-state index contributed by atoms with van der Waals surface area (Å²) in [5, 5.41) is 7.41. The zero-order valence-electron chi connectivity index (χ0n) is 14.5. The van der Waals surface area contributed by atoms with Crippen LogP contribution >= 0.6 is 0 Å². The molecular formula is C17H28N4O2. The highest BCUT2D eigenvalue weighted by Crippen LogP contribution is 2.41. The summed E-state index contributed by atoms with van der Waals surface area (Å²) in [5.74, 6) is 0.577. The molecule has 1 atom stereocenters. The third kappa shape index (κ3) is 3.93. The molecule has 2 fully saturated rings. The number of nitrogens with one attached hydrogen (secondary N) is 1. The van der Waals surface area contributed by atoms with Gasteiger partial charge in [0.15, 0.2) is 0 Å². The number of aryl methyl sites for hydroxylation is 1. The van der Waals surface area contributed by atoms with E-state index in [0.29, 0.717) is 12.5 Å². The molecule has 1 aromatic rings. The Labute approximate surface area is 138 Å². The number of carbonyl (C=O) groups excluding carboxylic acids is 1. The minimum Gasteiger partial charge on any atom is -0.376 e. The summed E-state index contributed by atoms with van der Waals surface area (Å²) in [6.07, 6.45) is 4.61. The quantitative estimate of drug-likeness (QED) is 0.832. The van der Waals surface area contributed by atoms with Crippen LogP contribution in [0.3, 0.4) is 0 Å². The third-order valence-corrected chi connectivity index (χ3v) is 4.71. The van der Waals surface area contributed by atoms with Crippen LogP contribution in [0, 0.1) is 6.92 Å². The van der Waals surface area contributed by atoms with Gasteiger partial charge in [0.05, 0.1) is 17.4 Å². The molecule has 0 spiro atoms. The molecule has 1 N–H and O–H groups in total. The lowest BCUT2D eigenvalue weighted by molar-refractivity contribution is 0.0510. The molecule has 1 saturated heterocycles. The number of nitrogens with zero attached hydrogens (tertiary/aromatic N) is 3. The molecule has 0 unspecified atom stereocenters. The summed E-state index contributed by atoms with van der Waals surface area (Å²) >= 11 is 0. The number of rotatable bonds is 7. The van der Waals surface area contributed by atoms with Crippen LogP contribution in [0.5, 0.6) is 0 Å². The highest BCUT2D eigenvalue weighted by Gasteiger charge is 2.34. The Morgan fingerprint density at radius 2 is 2.09 bits per heavy atom. The van der Waals surface area contributed by atoms with Crippen LogP contribution in [0.25, 0.3) is 0 Å². The zero-order chi connectivity index (χ0) is 16.4. The van der Waals surface area contributed by atoms with E-state index < -0.39 is 0 Å². The topological polar surface area (TPSA) is 61.5 Å². The first-order chi connectivity index (χ1) is 11.1. The normalized spacial score (nSPS) is 21.1. The average Bonchev–Trinajstić information content (AvgIpc) is 3.09. The Kier molecular flexibility index (Phi) is 5.02. The van der Waals surface area contributed by atoms with Gasteiger partial charge in [-0.3, -0.25) is 9.89 Å². The Morgan fingerprint density at radius 3 is 2.70 bits per heavy atom. The molecule has 0 bridgehead atoms. The molecular weight excluding hydrogens is 292 g/mol. The first-order valence-corrected chi connectivity index (χ1v) is 8.66. The summed E-state index contributed by atoms with van der Waals surface area (Å²) in [6, 6.07) is 0. The van der Waals surface area contributed by atoms with Crippen molar-refractivity contribution < 1.29 is 9.53 Å². The van der Waals surface area contributed by atoms with Crippen LogP contribution in [-0.2, 0) is 4.74 Å². The van der Waals surface area contributed by atoms with Gasteiger partial charge < -0.3 is 14.5 Å². The monoisotopic (exact) mass is 320 g/mol. The second kappa shape index (κ2) is 7.01. The maximum Gasteiger partial charge on any atom is 0.257 e. The van der Waals surface area contributed by atoms with E-state index in [4.69, 9.17) is 4.74 Å². The lowest BCUT2D eigenvalue weighted by Gasteiger charge is -2.27. The SMILES string of the molecule is Cc1[nH]nc(C2CC2)c1C(=O)N(CCN(C)C)C[C@@H]1CCCO1. The summed E-state index contributed by atoms with van der Waals surface area (Å²) in [7, 11) is 4.07. The standard InChI is InChI=1S/C17H28N4O2/c1-12-15(16(19-18-12)13-6-7-13)17(22)21(9-8-20(2)3)11-14-5-4-10-23-14/h13-14H,4-11H2,1-3H3,(H,18,19)/t14-/m0/s1.